The van der Waals surface area contributed by atoms with Crippen LogP contribution in [0.3, 0.4) is 0 Å². The molecular formula is C13H21BrN2O2S. The van der Waals surface area contributed by atoms with Gasteiger partial charge in [0, 0.05) is 17.6 Å². The van der Waals surface area contributed by atoms with E-state index in [1.165, 1.54) is 0 Å². The van der Waals surface area contributed by atoms with E-state index in [1.54, 1.807) is 6.07 Å². The molecule has 6 heteroatoms. The van der Waals surface area contributed by atoms with E-state index in [4.69, 9.17) is 0 Å². The Balaban J connectivity index is 2.83. The van der Waals surface area contributed by atoms with Crippen LogP contribution in [0.1, 0.15) is 32.3 Å². The molecule has 0 aliphatic heterocycles. The second-order valence-corrected chi connectivity index (χ2v) is 6.89. The molecule has 4 nitrogen and oxygen atoms in total. The Morgan fingerprint density at radius 1 is 1.26 bits per heavy atom. The van der Waals surface area contributed by atoms with Crippen LogP contribution in [0.2, 0.25) is 0 Å². The van der Waals surface area contributed by atoms with Crippen molar-refractivity contribution in [3.8, 4) is 0 Å². The van der Waals surface area contributed by atoms with E-state index in [0.29, 0.717) is 15.9 Å². The van der Waals surface area contributed by atoms with Gasteiger partial charge in [0.15, 0.2) is 0 Å². The average Bonchev–Trinajstić information content (AvgIpc) is 2.36. The molecule has 0 fully saturated rings. The Bertz CT molecular complexity index is 503. The van der Waals surface area contributed by atoms with Gasteiger partial charge in [-0.05, 0) is 46.6 Å². The molecule has 1 aromatic rings. The van der Waals surface area contributed by atoms with Gasteiger partial charge in [0.05, 0.1) is 4.90 Å². The lowest BCUT2D eigenvalue weighted by Crippen LogP contribution is -2.25. The summed E-state index contributed by atoms with van der Waals surface area (Å²) in [6.45, 7) is 6.16. The predicted molar refractivity (Wildman–Crippen MR) is 81.6 cm³/mol. The minimum absolute atomic E-state index is 0.295. The standard InChI is InChI=1S/C13H21BrN2O2S/c1-3-5-8-16-19(17,18)13-7-6-11(9-12(13)14)10-15-4-2/h6-7,9,15-16H,3-5,8,10H2,1-2H3. The fourth-order valence-electron chi connectivity index (χ4n) is 1.60. The summed E-state index contributed by atoms with van der Waals surface area (Å²) in [6.07, 6.45) is 1.81. The van der Waals surface area contributed by atoms with Crippen molar-refractivity contribution in [1.82, 2.24) is 10.0 Å². The Kier molecular flexibility index (Phi) is 6.99. The Morgan fingerprint density at radius 3 is 2.58 bits per heavy atom. The smallest absolute Gasteiger partial charge is 0.241 e. The largest absolute Gasteiger partial charge is 0.313 e. The van der Waals surface area contributed by atoms with E-state index in [2.05, 4.69) is 26.0 Å². The number of hydrogen-bond donors (Lipinski definition) is 2. The zero-order valence-electron chi connectivity index (χ0n) is 11.4. The molecule has 1 rings (SSSR count). The molecule has 0 saturated heterocycles. The third-order valence-electron chi connectivity index (χ3n) is 2.69. The van der Waals surface area contributed by atoms with Crippen LogP contribution >= 0.6 is 15.9 Å². The quantitative estimate of drug-likeness (QED) is 0.710. The van der Waals surface area contributed by atoms with Crippen molar-refractivity contribution in [3.63, 3.8) is 0 Å². The van der Waals surface area contributed by atoms with Crippen LogP contribution in [-0.2, 0) is 16.6 Å². The van der Waals surface area contributed by atoms with Crippen molar-refractivity contribution in [2.45, 2.75) is 38.1 Å². The number of nitrogens with one attached hydrogen (secondary N) is 2. The van der Waals surface area contributed by atoms with E-state index < -0.39 is 10.0 Å². The summed E-state index contributed by atoms with van der Waals surface area (Å²) < 4.78 is 27.4. The molecule has 0 aliphatic rings. The number of hydrogen-bond acceptors (Lipinski definition) is 3. The van der Waals surface area contributed by atoms with Crippen molar-refractivity contribution in [2.75, 3.05) is 13.1 Å². The Hall–Kier alpha value is -0.430. The van der Waals surface area contributed by atoms with Crippen molar-refractivity contribution < 1.29 is 8.42 Å². The lowest BCUT2D eigenvalue weighted by Gasteiger charge is -2.10. The third-order valence-corrected chi connectivity index (χ3v) is 5.13. The SMILES string of the molecule is CCCCNS(=O)(=O)c1ccc(CNCC)cc1Br. The molecule has 0 aliphatic carbocycles. The van der Waals surface area contributed by atoms with Crippen LogP contribution < -0.4 is 10.0 Å². The molecule has 0 radical (unpaired) electrons. The van der Waals surface area contributed by atoms with E-state index in [9.17, 15) is 8.42 Å². The highest BCUT2D eigenvalue weighted by Crippen LogP contribution is 2.23. The van der Waals surface area contributed by atoms with Crippen molar-refractivity contribution in [1.29, 1.82) is 0 Å². The van der Waals surface area contributed by atoms with Crippen LogP contribution in [0.5, 0.6) is 0 Å². The Labute approximate surface area is 124 Å². The second-order valence-electron chi connectivity index (χ2n) is 4.30. The number of rotatable bonds is 8. The number of unbranched alkanes of at least 4 members (excludes halogenated alkanes) is 1. The van der Waals surface area contributed by atoms with Gasteiger partial charge in [0.25, 0.3) is 0 Å². The zero-order chi connectivity index (χ0) is 14.3. The zero-order valence-corrected chi connectivity index (χ0v) is 13.8. The number of benzene rings is 1. The minimum Gasteiger partial charge on any atom is -0.313 e. The molecule has 0 amide bonds. The van der Waals surface area contributed by atoms with Gasteiger partial charge >= 0.3 is 0 Å². The lowest BCUT2D eigenvalue weighted by atomic mass is 10.2. The minimum atomic E-state index is -3.42. The molecule has 2 N–H and O–H groups in total. The number of halogens is 1. The summed E-state index contributed by atoms with van der Waals surface area (Å²) in [5, 5.41) is 3.21. The average molecular weight is 349 g/mol. The maximum atomic E-state index is 12.1. The van der Waals surface area contributed by atoms with Crippen molar-refractivity contribution in [3.05, 3.63) is 28.2 Å². The van der Waals surface area contributed by atoms with E-state index >= 15 is 0 Å². The molecule has 0 spiro atoms. The van der Waals surface area contributed by atoms with Gasteiger partial charge < -0.3 is 5.32 Å². The highest BCUT2D eigenvalue weighted by atomic mass is 79.9. The van der Waals surface area contributed by atoms with Gasteiger partial charge in [-0.15, -0.1) is 0 Å². The molecule has 0 heterocycles. The topological polar surface area (TPSA) is 58.2 Å². The first kappa shape index (κ1) is 16.6. The fraction of sp³-hybridized carbons (Fsp3) is 0.538. The molecule has 108 valence electrons. The summed E-state index contributed by atoms with van der Waals surface area (Å²) in [5.74, 6) is 0. The molecule has 19 heavy (non-hydrogen) atoms. The van der Waals surface area contributed by atoms with Gasteiger partial charge in [-0.3, -0.25) is 0 Å². The molecule has 1 aromatic carbocycles. The first-order valence-corrected chi connectivity index (χ1v) is 8.77. The van der Waals surface area contributed by atoms with Gasteiger partial charge in [-0.25, -0.2) is 13.1 Å². The molecule has 0 aromatic heterocycles. The maximum absolute atomic E-state index is 12.1. The van der Waals surface area contributed by atoms with Gasteiger partial charge in [-0.2, -0.15) is 0 Å². The summed E-state index contributed by atoms with van der Waals surface area (Å²) in [5.41, 5.74) is 1.06. The molecule has 0 atom stereocenters. The fourth-order valence-corrected chi connectivity index (χ4v) is 3.80. The molecule has 0 unspecified atom stereocenters. The lowest BCUT2D eigenvalue weighted by molar-refractivity contribution is 0.578. The molecule has 0 bridgehead atoms. The third kappa shape index (κ3) is 5.22. The monoisotopic (exact) mass is 348 g/mol. The van der Waals surface area contributed by atoms with Crippen molar-refractivity contribution >= 4 is 26.0 Å². The van der Waals surface area contributed by atoms with Crippen LogP contribution in [0.4, 0.5) is 0 Å². The van der Waals surface area contributed by atoms with E-state index in [1.807, 2.05) is 26.0 Å². The Morgan fingerprint density at radius 2 is 2.00 bits per heavy atom. The highest BCUT2D eigenvalue weighted by Gasteiger charge is 2.16. The summed E-state index contributed by atoms with van der Waals surface area (Å²) in [4.78, 5) is 0.295. The summed E-state index contributed by atoms with van der Waals surface area (Å²) >= 11 is 3.34. The van der Waals surface area contributed by atoms with Crippen LogP contribution in [0.15, 0.2) is 27.6 Å². The van der Waals surface area contributed by atoms with E-state index in [-0.39, 0.29) is 0 Å². The summed E-state index contributed by atoms with van der Waals surface area (Å²) in [6, 6.07) is 5.32. The maximum Gasteiger partial charge on any atom is 0.241 e. The summed E-state index contributed by atoms with van der Waals surface area (Å²) in [7, 11) is -3.42. The normalized spacial score (nSPS) is 11.7. The van der Waals surface area contributed by atoms with Gasteiger partial charge in [-0.1, -0.05) is 26.3 Å². The van der Waals surface area contributed by atoms with Gasteiger partial charge in [0.2, 0.25) is 10.0 Å². The van der Waals surface area contributed by atoms with Crippen LogP contribution in [0, 0.1) is 0 Å². The number of sulfonamides is 1. The van der Waals surface area contributed by atoms with Crippen molar-refractivity contribution in [2.24, 2.45) is 0 Å². The molecular weight excluding hydrogens is 328 g/mol. The van der Waals surface area contributed by atoms with Crippen LogP contribution in [-0.4, -0.2) is 21.5 Å². The molecule has 0 saturated carbocycles. The van der Waals surface area contributed by atoms with Crippen LogP contribution in [0.25, 0.3) is 0 Å². The first-order valence-electron chi connectivity index (χ1n) is 6.50. The predicted octanol–water partition coefficient (Wildman–Crippen LogP) is 2.64. The van der Waals surface area contributed by atoms with E-state index in [0.717, 1.165) is 31.5 Å². The first-order chi connectivity index (χ1) is 9.01. The highest BCUT2D eigenvalue weighted by molar-refractivity contribution is 9.10. The van der Waals surface area contributed by atoms with Gasteiger partial charge in [0.1, 0.15) is 0 Å². The second kappa shape index (κ2) is 7.99.